The summed E-state index contributed by atoms with van der Waals surface area (Å²) in [5.74, 6) is 0.741. The maximum atomic E-state index is 12.2. The van der Waals surface area contributed by atoms with Gasteiger partial charge in [0, 0.05) is 5.75 Å². The molecule has 0 rings (SSSR count). The van der Waals surface area contributed by atoms with Crippen molar-refractivity contribution in [1.29, 1.82) is 0 Å². The molecule has 0 aromatic heterocycles. The van der Waals surface area contributed by atoms with Crippen LogP contribution in [0.3, 0.4) is 0 Å². The Kier molecular flexibility index (Phi) is 31.5. The standard InChI is InChI=1S/C32H67O3PS/c1-3-5-7-9-11-13-15-17-19-21-23-25-27-29-31-35-36(33,34)37-32-30-28-26-24-22-20-18-16-14-12-10-8-6-4-2/h3-32H2,1-2H3,(H,33,34). The van der Waals surface area contributed by atoms with Gasteiger partial charge in [-0.25, -0.2) is 4.57 Å². The number of unbranched alkanes of at least 4 members (excludes halogenated alkanes) is 26. The fourth-order valence-corrected chi connectivity index (χ4v) is 7.52. The number of hydrogen-bond donors (Lipinski definition) is 1. The summed E-state index contributed by atoms with van der Waals surface area (Å²) < 4.78 is 17.5. The number of rotatable bonds is 32. The van der Waals surface area contributed by atoms with Crippen molar-refractivity contribution in [2.45, 2.75) is 194 Å². The lowest BCUT2D eigenvalue weighted by atomic mass is 10.0. The van der Waals surface area contributed by atoms with Gasteiger partial charge in [0.2, 0.25) is 0 Å². The smallest absolute Gasteiger partial charge is 0.316 e. The molecule has 0 heterocycles. The molecule has 0 saturated heterocycles. The molecule has 3 nitrogen and oxygen atoms in total. The molecule has 0 radical (unpaired) electrons. The van der Waals surface area contributed by atoms with Crippen molar-refractivity contribution in [3.8, 4) is 0 Å². The van der Waals surface area contributed by atoms with Gasteiger partial charge in [-0.2, -0.15) is 0 Å². The molecule has 0 fully saturated rings. The fourth-order valence-electron chi connectivity index (χ4n) is 4.99. The molecule has 0 aliphatic carbocycles. The lowest BCUT2D eigenvalue weighted by Gasteiger charge is -2.11. The molecule has 0 saturated carbocycles. The SMILES string of the molecule is CCCCCCCCCCCCCCCCOP(=O)(O)SCCCCCCCCCCCCCCCC. The van der Waals surface area contributed by atoms with Crippen LogP contribution in [0.25, 0.3) is 0 Å². The van der Waals surface area contributed by atoms with Gasteiger partial charge >= 0.3 is 6.80 Å². The normalized spacial score (nSPS) is 13.3. The van der Waals surface area contributed by atoms with Crippen LogP contribution in [0.15, 0.2) is 0 Å². The first-order chi connectivity index (χ1) is 18.1. The first-order valence-corrected chi connectivity index (χ1v) is 19.9. The van der Waals surface area contributed by atoms with Crippen molar-refractivity contribution in [3.05, 3.63) is 0 Å². The van der Waals surface area contributed by atoms with Crippen LogP contribution in [0.1, 0.15) is 194 Å². The van der Waals surface area contributed by atoms with Crippen LogP contribution < -0.4 is 0 Å². The molecule has 0 aromatic rings. The first-order valence-electron chi connectivity index (χ1n) is 16.7. The van der Waals surface area contributed by atoms with E-state index >= 15 is 0 Å². The predicted molar refractivity (Wildman–Crippen MR) is 169 cm³/mol. The zero-order valence-electron chi connectivity index (χ0n) is 25.3. The van der Waals surface area contributed by atoms with Crippen LogP contribution in [0.4, 0.5) is 0 Å². The van der Waals surface area contributed by atoms with Crippen molar-refractivity contribution < 1.29 is 14.0 Å². The van der Waals surface area contributed by atoms with E-state index in [-0.39, 0.29) is 0 Å². The predicted octanol–water partition coefficient (Wildman–Crippen LogP) is 12.8. The molecule has 0 aliphatic rings. The summed E-state index contributed by atoms with van der Waals surface area (Å²) in [7, 11) is 0. The lowest BCUT2D eigenvalue weighted by Crippen LogP contribution is -1.92. The Morgan fingerprint density at radius 1 is 0.459 bits per heavy atom. The molecule has 1 N–H and O–H groups in total. The fraction of sp³-hybridized carbons (Fsp3) is 1.00. The van der Waals surface area contributed by atoms with Crippen molar-refractivity contribution in [1.82, 2.24) is 0 Å². The molecule has 0 aliphatic heterocycles. The highest BCUT2D eigenvalue weighted by molar-refractivity contribution is 8.54. The summed E-state index contributed by atoms with van der Waals surface area (Å²) >= 11 is 1.14. The molecule has 0 bridgehead atoms. The van der Waals surface area contributed by atoms with Gasteiger partial charge in [0.1, 0.15) is 0 Å². The minimum atomic E-state index is -3.45. The molecule has 0 amide bonds. The number of hydrogen-bond acceptors (Lipinski definition) is 3. The Morgan fingerprint density at radius 3 is 1.05 bits per heavy atom. The highest BCUT2D eigenvalue weighted by atomic mass is 32.7. The Labute approximate surface area is 237 Å². The van der Waals surface area contributed by atoms with Crippen LogP contribution in [-0.2, 0) is 9.09 Å². The zero-order valence-corrected chi connectivity index (χ0v) is 27.0. The van der Waals surface area contributed by atoms with Crippen molar-refractivity contribution in [3.63, 3.8) is 0 Å². The van der Waals surface area contributed by atoms with Gasteiger partial charge in [0.15, 0.2) is 0 Å². The summed E-state index contributed by atoms with van der Waals surface area (Å²) in [4.78, 5) is 10.0. The second-order valence-corrected chi connectivity index (χ2v) is 15.3. The average molecular weight is 563 g/mol. The second kappa shape index (κ2) is 31.0. The molecular weight excluding hydrogens is 495 g/mol. The van der Waals surface area contributed by atoms with Crippen molar-refractivity contribution in [2.75, 3.05) is 12.4 Å². The first kappa shape index (κ1) is 37.5. The van der Waals surface area contributed by atoms with Gasteiger partial charge in [0.25, 0.3) is 0 Å². The van der Waals surface area contributed by atoms with Crippen LogP contribution >= 0.6 is 18.2 Å². The van der Waals surface area contributed by atoms with E-state index in [1.165, 1.54) is 161 Å². The van der Waals surface area contributed by atoms with Gasteiger partial charge in [-0.15, -0.1) is 0 Å². The maximum absolute atomic E-state index is 12.2. The van der Waals surface area contributed by atoms with E-state index in [1.807, 2.05) is 0 Å². The summed E-state index contributed by atoms with van der Waals surface area (Å²) in [6.45, 7) is 1.54. The Balaban J connectivity index is 3.28. The minimum absolute atomic E-state index is 0.428. The molecule has 0 spiro atoms. The molecule has 1 unspecified atom stereocenters. The van der Waals surface area contributed by atoms with E-state index < -0.39 is 6.80 Å². The van der Waals surface area contributed by atoms with Crippen LogP contribution in [0.2, 0.25) is 0 Å². The quantitative estimate of drug-likeness (QED) is 0.0654. The monoisotopic (exact) mass is 562 g/mol. The Bertz CT molecular complexity index is 437. The van der Waals surface area contributed by atoms with Gasteiger partial charge < -0.3 is 9.42 Å². The topological polar surface area (TPSA) is 46.5 Å². The van der Waals surface area contributed by atoms with E-state index in [0.717, 1.165) is 36.4 Å². The summed E-state index contributed by atoms with van der Waals surface area (Å²) in [6, 6.07) is 0. The van der Waals surface area contributed by atoms with E-state index in [1.54, 1.807) is 0 Å². The van der Waals surface area contributed by atoms with E-state index in [0.29, 0.717) is 6.61 Å². The van der Waals surface area contributed by atoms with Gasteiger partial charge in [-0.05, 0) is 24.2 Å². The summed E-state index contributed by atoms with van der Waals surface area (Å²) in [5.41, 5.74) is 0. The molecule has 0 aromatic carbocycles. The molecule has 224 valence electrons. The van der Waals surface area contributed by atoms with E-state index in [4.69, 9.17) is 4.52 Å². The highest BCUT2D eigenvalue weighted by Gasteiger charge is 2.19. The lowest BCUT2D eigenvalue weighted by molar-refractivity contribution is 0.268. The highest BCUT2D eigenvalue weighted by Crippen LogP contribution is 2.56. The molecule has 5 heteroatoms. The third-order valence-electron chi connectivity index (χ3n) is 7.50. The molecule has 37 heavy (non-hydrogen) atoms. The van der Waals surface area contributed by atoms with Crippen molar-refractivity contribution in [2.24, 2.45) is 0 Å². The second-order valence-electron chi connectivity index (χ2n) is 11.3. The van der Waals surface area contributed by atoms with Gasteiger partial charge in [0.05, 0.1) is 6.61 Å². The maximum Gasteiger partial charge on any atom is 0.386 e. The van der Waals surface area contributed by atoms with E-state index in [2.05, 4.69) is 13.8 Å². The Morgan fingerprint density at radius 2 is 0.730 bits per heavy atom. The molecular formula is C32H67O3PS. The minimum Gasteiger partial charge on any atom is -0.316 e. The Hall–Kier alpha value is 0.500. The summed E-state index contributed by atoms with van der Waals surface area (Å²) in [6.07, 6.45) is 37.2. The van der Waals surface area contributed by atoms with Crippen LogP contribution in [0.5, 0.6) is 0 Å². The van der Waals surface area contributed by atoms with Crippen molar-refractivity contribution >= 4 is 18.2 Å². The van der Waals surface area contributed by atoms with Gasteiger partial charge in [-0.1, -0.05) is 181 Å². The average Bonchev–Trinajstić information content (AvgIpc) is 2.88. The van der Waals surface area contributed by atoms with Crippen LogP contribution in [0, 0.1) is 0 Å². The van der Waals surface area contributed by atoms with E-state index in [9.17, 15) is 9.46 Å². The largest absolute Gasteiger partial charge is 0.386 e. The third-order valence-corrected chi connectivity index (χ3v) is 10.7. The van der Waals surface area contributed by atoms with Gasteiger partial charge in [-0.3, -0.25) is 0 Å². The zero-order chi connectivity index (χ0) is 27.1. The third kappa shape index (κ3) is 32.6. The summed E-state index contributed by atoms with van der Waals surface area (Å²) in [5, 5.41) is 0. The van der Waals surface area contributed by atoms with Crippen LogP contribution in [-0.4, -0.2) is 17.3 Å². The molecule has 1 atom stereocenters.